The predicted molar refractivity (Wildman–Crippen MR) is 57.3 cm³/mol. The van der Waals surface area contributed by atoms with Crippen LogP contribution in [0.5, 0.6) is 0 Å². The van der Waals surface area contributed by atoms with Crippen LogP contribution in [0.15, 0.2) is 12.7 Å². The van der Waals surface area contributed by atoms with Gasteiger partial charge in [0.05, 0.1) is 0 Å². The molecule has 0 aromatic rings. The van der Waals surface area contributed by atoms with Gasteiger partial charge in [-0.3, -0.25) is 9.59 Å². The number of carbonyl (C=O) groups excluding carboxylic acids is 3. The molecule has 2 aliphatic carbocycles. The number of allylic oxidation sites excluding steroid dienone is 1. The minimum atomic E-state index is -1.24. The third kappa shape index (κ3) is 2.72. The molecule has 2 atom stereocenters. The molecule has 2 fully saturated rings. The summed E-state index contributed by atoms with van der Waals surface area (Å²) in [6.45, 7) is 3.60. The first kappa shape index (κ1) is 11.8. The van der Waals surface area contributed by atoms with Gasteiger partial charge >= 0.3 is 6.16 Å². The molecule has 0 N–H and O–H groups in total. The van der Waals surface area contributed by atoms with E-state index < -0.39 is 12.3 Å². The lowest BCUT2D eigenvalue weighted by Crippen LogP contribution is -2.29. The molecule has 0 unspecified atom stereocenters. The fourth-order valence-electron chi connectivity index (χ4n) is 1.89. The van der Waals surface area contributed by atoms with Crippen LogP contribution in [0.2, 0.25) is 0 Å². The van der Waals surface area contributed by atoms with E-state index in [-0.39, 0.29) is 30.5 Å². The Balaban J connectivity index is 1.76. The Labute approximate surface area is 98.8 Å². The lowest BCUT2D eigenvalue weighted by Gasteiger charge is -2.09. The minimum absolute atomic E-state index is 0.152. The van der Waals surface area contributed by atoms with E-state index in [1.165, 1.54) is 0 Å². The average Bonchev–Trinajstić information content (AvgIpc) is 2.93. The van der Waals surface area contributed by atoms with Gasteiger partial charge in [-0.2, -0.15) is 0 Å². The van der Waals surface area contributed by atoms with E-state index in [2.05, 4.69) is 6.58 Å². The molecule has 0 radical (unpaired) electrons. The van der Waals surface area contributed by atoms with Crippen molar-refractivity contribution in [2.24, 2.45) is 5.92 Å². The number of hydrogen-bond acceptors (Lipinski definition) is 5. The highest BCUT2D eigenvalue weighted by molar-refractivity contribution is 6.12. The number of ketones is 2. The van der Waals surface area contributed by atoms with Crippen molar-refractivity contribution >= 4 is 17.7 Å². The fourth-order valence-corrected chi connectivity index (χ4v) is 1.89. The molecule has 5 heteroatoms. The van der Waals surface area contributed by atoms with Crippen molar-refractivity contribution < 1.29 is 23.9 Å². The molecule has 0 aliphatic heterocycles. The van der Waals surface area contributed by atoms with E-state index in [4.69, 9.17) is 9.47 Å². The molecule has 5 nitrogen and oxygen atoms in total. The molecule has 17 heavy (non-hydrogen) atoms. The molecular formula is C12H14O5. The summed E-state index contributed by atoms with van der Waals surface area (Å²) in [6.07, 6.45) is 1.33. The lowest BCUT2D eigenvalue weighted by molar-refractivity contribution is -0.134. The maximum Gasteiger partial charge on any atom is 0.509 e. The first-order valence-corrected chi connectivity index (χ1v) is 5.65. The molecular weight excluding hydrogens is 224 g/mol. The van der Waals surface area contributed by atoms with E-state index in [0.717, 1.165) is 12.8 Å². The maximum atomic E-state index is 11.3. The number of carbonyl (C=O) groups is 3. The van der Waals surface area contributed by atoms with Crippen LogP contribution in [-0.2, 0) is 19.1 Å². The summed E-state index contributed by atoms with van der Waals surface area (Å²) >= 11 is 0. The SMILES string of the molecule is C=CC[C@@H]1C[C@H]1OC(=O)OC1C(=O)CCC1=O. The molecule has 2 aliphatic rings. The highest BCUT2D eigenvalue weighted by atomic mass is 16.7. The van der Waals surface area contributed by atoms with E-state index in [1.807, 2.05) is 0 Å². The summed E-state index contributed by atoms with van der Waals surface area (Å²) in [6, 6.07) is 0. The normalized spacial score (nSPS) is 28.0. The Morgan fingerprint density at radius 3 is 2.53 bits per heavy atom. The predicted octanol–water partition coefficient (Wildman–Crippen LogP) is 1.40. The van der Waals surface area contributed by atoms with Crippen LogP contribution in [-0.4, -0.2) is 29.9 Å². The van der Waals surface area contributed by atoms with Crippen LogP contribution >= 0.6 is 0 Å². The van der Waals surface area contributed by atoms with Gasteiger partial charge in [0.2, 0.25) is 6.10 Å². The van der Waals surface area contributed by atoms with E-state index in [1.54, 1.807) is 6.08 Å². The molecule has 0 saturated heterocycles. The van der Waals surface area contributed by atoms with E-state index in [0.29, 0.717) is 5.92 Å². The van der Waals surface area contributed by atoms with Crippen LogP contribution in [0, 0.1) is 5.92 Å². The summed E-state index contributed by atoms with van der Waals surface area (Å²) in [5.74, 6) is -0.384. The van der Waals surface area contributed by atoms with Gasteiger partial charge < -0.3 is 9.47 Å². The Morgan fingerprint density at radius 1 is 1.29 bits per heavy atom. The first-order chi connectivity index (χ1) is 8.11. The van der Waals surface area contributed by atoms with Gasteiger partial charge in [-0.1, -0.05) is 6.08 Å². The fraction of sp³-hybridized carbons (Fsp3) is 0.583. The summed E-state index contributed by atoms with van der Waals surface area (Å²) in [7, 11) is 0. The highest BCUT2D eigenvalue weighted by Crippen LogP contribution is 2.37. The van der Waals surface area contributed by atoms with Gasteiger partial charge in [0.1, 0.15) is 6.10 Å². The number of hydrogen-bond donors (Lipinski definition) is 0. The molecule has 92 valence electrons. The van der Waals surface area contributed by atoms with Crippen molar-refractivity contribution in [3.05, 3.63) is 12.7 Å². The van der Waals surface area contributed by atoms with Gasteiger partial charge in [-0.05, 0) is 12.8 Å². The molecule has 2 rings (SSSR count). The van der Waals surface area contributed by atoms with Crippen LogP contribution in [0.4, 0.5) is 4.79 Å². The highest BCUT2D eigenvalue weighted by Gasteiger charge is 2.42. The minimum Gasteiger partial charge on any atom is -0.431 e. The zero-order valence-electron chi connectivity index (χ0n) is 9.39. The quantitative estimate of drug-likeness (QED) is 0.420. The van der Waals surface area contributed by atoms with Gasteiger partial charge in [-0.15, -0.1) is 6.58 Å². The standard InChI is InChI=1S/C12H14O5/c1-2-3-7-6-10(7)16-12(15)17-11-8(13)4-5-9(11)14/h2,7,10-11H,1,3-6H2/t7-,10-/m1/s1. The van der Waals surface area contributed by atoms with E-state index in [9.17, 15) is 14.4 Å². The van der Waals surface area contributed by atoms with Crippen LogP contribution in [0.3, 0.4) is 0 Å². The number of ether oxygens (including phenoxy) is 2. The Bertz CT molecular complexity index is 357. The summed E-state index contributed by atoms with van der Waals surface area (Å²) in [5.41, 5.74) is 0. The summed E-state index contributed by atoms with van der Waals surface area (Å²) < 4.78 is 9.70. The van der Waals surface area contributed by atoms with Gasteiger partial charge in [0, 0.05) is 18.8 Å². The third-order valence-corrected chi connectivity index (χ3v) is 2.99. The van der Waals surface area contributed by atoms with Crippen LogP contribution < -0.4 is 0 Å². The van der Waals surface area contributed by atoms with Crippen LogP contribution in [0.1, 0.15) is 25.7 Å². The van der Waals surface area contributed by atoms with E-state index >= 15 is 0 Å². The molecule has 2 saturated carbocycles. The van der Waals surface area contributed by atoms with Crippen molar-refractivity contribution in [1.82, 2.24) is 0 Å². The first-order valence-electron chi connectivity index (χ1n) is 5.65. The Morgan fingerprint density at radius 2 is 1.94 bits per heavy atom. The molecule has 0 heterocycles. The second-order valence-corrected chi connectivity index (χ2v) is 4.36. The second kappa shape index (κ2) is 4.69. The zero-order valence-corrected chi connectivity index (χ0v) is 9.39. The average molecular weight is 238 g/mol. The van der Waals surface area contributed by atoms with Crippen molar-refractivity contribution in [2.75, 3.05) is 0 Å². The third-order valence-electron chi connectivity index (χ3n) is 2.99. The topological polar surface area (TPSA) is 69.7 Å². The molecule has 0 aromatic heterocycles. The van der Waals surface area contributed by atoms with Crippen molar-refractivity contribution in [1.29, 1.82) is 0 Å². The summed E-state index contributed by atoms with van der Waals surface area (Å²) in [5, 5.41) is 0. The van der Waals surface area contributed by atoms with Gasteiger partial charge in [0.25, 0.3) is 0 Å². The monoisotopic (exact) mass is 238 g/mol. The van der Waals surface area contributed by atoms with Crippen LogP contribution in [0.25, 0.3) is 0 Å². The van der Waals surface area contributed by atoms with Crippen molar-refractivity contribution in [2.45, 2.75) is 37.9 Å². The maximum absolute atomic E-state index is 11.3. The van der Waals surface area contributed by atoms with Gasteiger partial charge in [0.15, 0.2) is 11.6 Å². The molecule has 0 amide bonds. The Kier molecular flexibility index (Phi) is 3.26. The smallest absolute Gasteiger partial charge is 0.431 e. The Hall–Kier alpha value is -1.65. The van der Waals surface area contributed by atoms with Crippen molar-refractivity contribution in [3.63, 3.8) is 0 Å². The number of rotatable bonds is 4. The second-order valence-electron chi connectivity index (χ2n) is 4.36. The van der Waals surface area contributed by atoms with Gasteiger partial charge in [-0.25, -0.2) is 4.79 Å². The lowest BCUT2D eigenvalue weighted by atomic mass is 10.3. The zero-order chi connectivity index (χ0) is 12.4. The molecule has 0 aromatic carbocycles. The molecule has 0 spiro atoms. The number of Topliss-reactive ketones (excluding diaryl/α,β-unsaturated/α-hetero) is 2. The summed E-state index contributed by atoms with van der Waals surface area (Å²) in [4.78, 5) is 33.8. The molecule has 0 bridgehead atoms. The largest absolute Gasteiger partial charge is 0.509 e. The van der Waals surface area contributed by atoms with Crippen molar-refractivity contribution in [3.8, 4) is 0 Å².